The lowest BCUT2D eigenvalue weighted by Gasteiger charge is -2.19. The first-order valence-corrected chi connectivity index (χ1v) is 10.3. The van der Waals surface area contributed by atoms with E-state index in [1.54, 1.807) is 30.5 Å². The number of aliphatic hydroxyl groups is 3. The summed E-state index contributed by atoms with van der Waals surface area (Å²) in [5.74, 6) is -0.784. The minimum absolute atomic E-state index is 0.100. The zero-order valence-corrected chi connectivity index (χ0v) is 18.4. The van der Waals surface area contributed by atoms with E-state index in [2.05, 4.69) is 25.3 Å². The zero-order chi connectivity index (χ0) is 24.9. The molecule has 34 heavy (non-hydrogen) atoms. The predicted octanol–water partition coefficient (Wildman–Crippen LogP) is 2.70. The van der Waals surface area contributed by atoms with E-state index in [1.807, 2.05) is 0 Å². The maximum absolute atomic E-state index is 13.3. The standard InChI is InChI=1S/C22H24F3N5O4/c1-12(33)13(2)34-20-18(22(23,24)25)9-28-21(30-20)27-8-16-4-3-15(7-26-16)19-6-14(10-31)5-17(11-32)29-19/h3-7,9,12-13,31-33H,8,10-11H2,1-2H3,(H,27,28,30)/t12-,13-/m1/s1. The quantitative estimate of drug-likeness (QED) is 0.365. The van der Waals surface area contributed by atoms with Gasteiger partial charge in [0.2, 0.25) is 11.8 Å². The maximum atomic E-state index is 13.3. The Morgan fingerprint density at radius 1 is 1.00 bits per heavy atom. The van der Waals surface area contributed by atoms with Gasteiger partial charge in [0, 0.05) is 18.0 Å². The fourth-order valence-corrected chi connectivity index (χ4v) is 2.83. The van der Waals surface area contributed by atoms with E-state index >= 15 is 0 Å². The van der Waals surface area contributed by atoms with Crippen LogP contribution in [0.2, 0.25) is 0 Å². The van der Waals surface area contributed by atoms with Gasteiger partial charge in [0.05, 0.1) is 42.9 Å². The fourth-order valence-electron chi connectivity index (χ4n) is 2.83. The Hall–Kier alpha value is -3.35. The molecule has 0 radical (unpaired) electrons. The lowest BCUT2D eigenvalue weighted by molar-refractivity contribution is -0.140. The summed E-state index contributed by atoms with van der Waals surface area (Å²) < 4.78 is 45.0. The second-order valence-electron chi connectivity index (χ2n) is 7.53. The van der Waals surface area contributed by atoms with Gasteiger partial charge < -0.3 is 25.4 Å². The highest BCUT2D eigenvalue weighted by molar-refractivity contribution is 5.59. The van der Waals surface area contributed by atoms with Gasteiger partial charge in [-0.05, 0) is 43.7 Å². The number of aromatic nitrogens is 4. The summed E-state index contributed by atoms with van der Waals surface area (Å²) in [6, 6.07) is 6.70. The summed E-state index contributed by atoms with van der Waals surface area (Å²) in [4.78, 5) is 16.1. The highest BCUT2D eigenvalue weighted by Gasteiger charge is 2.37. The molecule has 0 aliphatic rings. The Balaban J connectivity index is 1.75. The molecule has 2 atom stereocenters. The van der Waals surface area contributed by atoms with Crippen molar-refractivity contribution in [3.8, 4) is 17.1 Å². The molecule has 12 heteroatoms. The summed E-state index contributed by atoms with van der Waals surface area (Å²) in [5.41, 5.74) is 1.60. The van der Waals surface area contributed by atoms with Crippen molar-refractivity contribution >= 4 is 5.95 Å². The molecule has 9 nitrogen and oxygen atoms in total. The Labute approximate surface area is 193 Å². The summed E-state index contributed by atoms with van der Waals surface area (Å²) >= 11 is 0. The van der Waals surface area contributed by atoms with Crippen LogP contribution in [0.25, 0.3) is 11.3 Å². The van der Waals surface area contributed by atoms with Crippen LogP contribution in [0.1, 0.15) is 36.4 Å². The first-order chi connectivity index (χ1) is 16.1. The zero-order valence-electron chi connectivity index (χ0n) is 18.4. The van der Waals surface area contributed by atoms with E-state index in [-0.39, 0.29) is 25.7 Å². The molecule has 0 bridgehead atoms. The van der Waals surface area contributed by atoms with E-state index in [0.29, 0.717) is 34.4 Å². The van der Waals surface area contributed by atoms with Crippen molar-refractivity contribution in [2.75, 3.05) is 5.32 Å². The molecule has 182 valence electrons. The number of pyridine rings is 2. The molecule has 3 rings (SSSR count). The lowest BCUT2D eigenvalue weighted by Crippen LogP contribution is -2.27. The number of halogens is 3. The molecule has 0 aliphatic carbocycles. The van der Waals surface area contributed by atoms with Crippen LogP contribution in [0.4, 0.5) is 19.1 Å². The largest absolute Gasteiger partial charge is 0.471 e. The molecule has 3 aromatic rings. The number of alkyl halides is 3. The van der Waals surface area contributed by atoms with Crippen molar-refractivity contribution in [3.63, 3.8) is 0 Å². The van der Waals surface area contributed by atoms with Gasteiger partial charge in [-0.1, -0.05) is 0 Å². The molecule has 0 amide bonds. The SMILES string of the molecule is C[C@@H](O)[C@@H](C)Oc1nc(NCc2ccc(-c3cc(CO)cc(CO)n3)cn2)ncc1C(F)(F)F. The predicted molar refractivity (Wildman–Crippen MR) is 115 cm³/mol. The number of nitrogens with one attached hydrogen (secondary N) is 1. The fraction of sp³-hybridized carbons (Fsp3) is 0.364. The second-order valence-corrected chi connectivity index (χ2v) is 7.53. The number of ether oxygens (including phenoxy) is 1. The molecule has 0 saturated carbocycles. The molecule has 3 aromatic heterocycles. The van der Waals surface area contributed by atoms with Gasteiger partial charge in [0.15, 0.2) is 0 Å². The Morgan fingerprint density at radius 2 is 1.76 bits per heavy atom. The number of rotatable bonds is 9. The Bertz CT molecular complexity index is 1090. The van der Waals surface area contributed by atoms with Crippen LogP contribution in [-0.2, 0) is 25.9 Å². The van der Waals surface area contributed by atoms with Crippen LogP contribution >= 0.6 is 0 Å². The van der Waals surface area contributed by atoms with Crippen LogP contribution in [0.5, 0.6) is 5.88 Å². The molecule has 0 fully saturated rings. The molecule has 0 spiro atoms. The number of hydrogen-bond acceptors (Lipinski definition) is 9. The smallest absolute Gasteiger partial charge is 0.423 e. The Morgan fingerprint density at radius 3 is 2.35 bits per heavy atom. The van der Waals surface area contributed by atoms with Crippen LogP contribution < -0.4 is 10.1 Å². The highest BCUT2D eigenvalue weighted by Crippen LogP contribution is 2.35. The normalized spacial score (nSPS) is 13.4. The van der Waals surface area contributed by atoms with Crippen molar-refractivity contribution in [1.29, 1.82) is 0 Å². The topological polar surface area (TPSA) is 134 Å². The average Bonchev–Trinajstić information content (AvgIpc) is 2.82. The van der Waals surface area contributed by atoms with Crippen LogP contribution in [-0.4, -0.2) is 47.5 Å². The van der Waals surface area contributed by atoms with E-state index in [4.69, 9.17) is 4.74 Å². The molecule has 0 unspecified atom stereocenters. The van der Waals surface area contributed by atoms with Crippen LogP contribution in [0, 0.1) is 0 Å². The third-order valence-corrected chi connectivity index (χ3v) is 4.87. The molecule has 3 heterocycles. The number of anilines is 1. The van der Waals surface area contributed by atoms with Crippen molar-refractivity contribution in [2.45, 2.75) is 52.0 Å². The summed E-state index contributed by atoms with van der Waals surface area (Å²) in [7, 11) is 0. The van der Waals surface area contributed by atoms with Gasteiger partial charge in [-0.2, -0.15) is 18.2 Å². The minimum Gasteiger partial charge on any atom is -0.471 e. The summed E-state index contributed by atoms with van der Waals surface area (Å²) in [6.45, 7) is 2.47. The first kappa shape index (κ1) is 25.3. The third-order valence-electron chi connectivity index (χ3n) is 4.87. The van der Waals surface area contributed by atoms with E-state index < -0.39 is 29.8 Å². The van der Waals surface area contributed by atoms with E-state index in [1.165, 1.54) is 13.8 Å². The van der Waals surface area contributed by atoms with E-state index in [9.17, 15) is 28.5 Å². The molecular formula is C22H24F3N5O4. The lowest BCUT2D eigenvalue weighted by atomic mass is 10.1. The monoisotopic (exact) mass is 479 g/mol. The summed E-state index contributed by atoms with van der Waals surface area (Å²) in [5, 5.41) is 31.1. The molecule has 0 aliphatic heterocycles. The van der Waals surface area contributed by atoms with Crippen LogP contribution in [0.3, 0.4) is 0 Å². The first-order valence-electron chi connectivity index (χ1n) is 10.3. The van der Waals surface area contributed by atoms with Gasteiger partial charge in [0.25, 0.3) is 0 Å². The Kier molecular flexibility index (Phi) is 7.97. The molecule has 0 saturated heterocycles. The molecular weight excluding hydrogens is 455 g/mol. The molecule has 4 N–H and O–H groups in total. The second kappa shape index (κ2) is 10.7. The summed E-state index contributed by atoms with van der Waals surface area (Å²) in [6.07, 6.45) is -4.47. The maximum Gasteiger partial charge on any atom is 0.423 e. The average molecular weight is 479 g/mol. The number of hydrogen-bond donors (Lipinski definition) is 4. The highest BCUT2D eigenvalue weighted by atomic mass is 19.4. The van der Waals surface area contributed by atoms with Gasteiger partial charge >= 0.3 is 6.18 Å². The van der Waals surface area contributed by atoms with E-state index in [0.717, 1.165) is 0 Å². The van der Waals surface area contributed by atoms with Crippen LogP contribution in [0.15, 0.2) is 36.7 Å². The van der Waals surface area contributed by atoms with Gasteiger partial charge in [-0.15, -0.1) is 0 Å². The minimum atomic E-state index is -4.72. The van der Waals surface area contributed by atoms with Gasteiger partial charge in [0.1, 0.15) is 11.7 Å². The van der Waals surface area contributed by atoms with Crippen molar-refractivity contribution in [3.05, 3.63) is 59.2 Å². The third kappa shape index (κ3) is 6.37. The molecule has 0 aromatic carbocycles. The van der Waals surface area contributed by atoms with Gasteiger partial charge in [-0.25, -0.2) is 4.98 Å². The number of nitrogens with zero attached hydrogens (tertiary/aromatic N) is 4. The van der Waals surface area contributed by atoms with Crippen molar-refractivity contribution in [2.24, 2.45) is 0 Å². The van der Waals surface area contributed by atoms with Crippen molar-refractivity contribution < 1.29 is 33.2 Å². The number of aliphatic hydroxyl groups excluding tert-OH is 3. The van der Waals surface area contributed by atoms with Crippen molar-refractivity contribution in [1.82, 2.24) is 19.9 Å². The van der Waals surface area contributed by atoms with Gasteiger partial charge in [-0.3, -0.25) is 9.97 Å².